The Balaban J connectivity index is 0.00000210. The number of nitrogens with one attached hydrogen (secondary N) is 1. The van der Waals surface area contributed by atoms with Crippen molar-refractivity contribution in [2.24, 2.45) is 0 Å². The second-order valence-electron chi connectivity index (χ2n) is 8.87. The SMILES string of the molecule is Cl.Cl.Oc1ccc(Nc2c3ccc(Cl)cc3nc3ccc(-c4ccccc4)cc23)cc1CN(CCCl)CCCl. The van der Waals surface area contributed by atoms with Crippen molar-refractivity contribution in [1.82, 2.24) is 9.88 Å². The van der Waals surface area contributed by atoms with Gasteiger partial charge in [0.2, 0.25) is 0 Å². The normalized spacial score (nSPS) is 10.9. The third-order valence-corrected chi connectivity index (χ3v) is 6.96. The summed E-state index contributed by atoms with van der Waals surface area (Å²) in [4.78, 5) is 7.02. The zero-order valence-corrected chi connectivity index (χ0v) is 24.8. The van der Waals surface area contributed by atoms with Crippen molar-refractivity contribution in [3.63, 3.8) is 0 Å². The van der Waals surface area contributed by atoms with Gasteiger partial charge in [0.25, 0.3) is 0 Å². The summed E-state index contributed by atoms with van der Waals surface area (Å²) in [5.74, 6) is 1.23. The average Bonchev–Trinajstić information content (AvgIpc) is 2.91. The molecule has 0 saturated heterocycles. The number of halogens is 5. The fourth-order valence-electron chi connectivity index (χ4n) is 4.55. The Bertz CT molecular complexity index is 1540. The number of pyridine rings is 1. The predicted molar refractivity (Wildman–Crippen MR) is 172 cm³/mol. The predicted octanol–water partition coefficient (Wildman–Crippen LogP) is 9.28. The van der Waals surface area contributed by atoms with Gasteiger partial charge in [-0.1, -0.05) is 48.0 Å². The Morgan fingerprint density at radius 2 is 1.49 bits per heavy atom. The lowest BCUT2D eigenvalue weighted by Crippen LogP contribution is -2.27. The highest BCUT2D eigenvalue weighted by atomic mass is 35.5. The molecule has 204 valence electrons. The Labute approximate surface area is 255 Å². The number of fused-ring (bicyclic) bond motifs is 2. The Morgan fingerprint density at radius 1 is 0.744 bits per heavy atom. The molecule has 39 heavy (non-hydrogen) atoms. The fourth-order valence-corrected chi connectivity index (χ4v) is 5.19. The largest absolute Gasteiger partial charge is 0.508 e. The molecule has 0 aliphatic heterocycles. The molecular formula is C30H28Cl5N3O. The lowest BCUT2D eigenvalue weighted by atomic mass is 10.0. The van der Waals surface area contributed by atoms with Crippen LogP contribution in [0.4, 0.5) is 11.4 Å². The molecule has 0 radical (unpaired) electrons. The minimum absolute atomic E-state index is 0. The molecule has 0 fully saturated rings. The molecule has 2 N–H and O–H groups in total. The lowest BCUT2D eigenvalue weighted by molar-refractivity contribution is 0.294. The molecule has 4 nitrogen and oxygen atoms in total. The van der Waals surface area contributed by atoms with E-state index in [9.17, 15) is 5.11 Å². The molecular weight excluding hydrogens is 596 g/mol. The Kier molecular flexibility index (Phi) is 11.4. The summed E-state index contributed by atoms with van der Waals surface area (Å²) in [5, 5.41) is 16.8. The van der Waals surface area contributed by atoms with Crippen LogP contribution >= 0.6 is 59.6 Å². The van der Waals surface area contributed by atoms with Crippen LogP contribution < -0.4 is 5.32 Å². The van der Waals surface area contributed by atoms with E-state index in [1.54, 1.807) is 6.07 Å². The first-order chi connectivity index (χ1) is 18.1. The second kappa shape index (κ2) is 14.3. The second-order valence-corrected chi connectivity index (χ2v) is 10.1. The molecule has 0 unspecified atom stereocenters. The van der Waals surface area contributed by atoms with Crippen LogP contribution in [-0.2, 0) is 6.54 Å². The molecule has 0 amide bonds. The third kappa shape index (κ3) is 7.20. The standard InChI is InChI=1S/C30H26Cl3N3O.2ClH/c31-12-14-36(15-13-32)19-22-16-24(8-11-29(22)37)34-30-25-9-7-23(33)18-28(25)35-27-10-6-21(17-26(27)30)20-4-2-1-3-5-20;;/h1-11,16-18,37H,12-15,19H2,(H,34,35);2*1H. The van der Waals surface area contributed by atoms with Gasteiger partial charge < -0.3 is 10.4 Å². The summed E-state index contributed by atoms with van der Waals surface area (Å²) in [6.45, 7) is 1.93. The van der Waals surface area contributed by atoms with Gasteiger partial charge in [0.15, 0.2) is 0 Å². The van der Waals surface area contributed by atoms with Crippen LogP contribution in [-0.4, -0.2) is 39.8 Å². The topological polar surface area (TPSA) is 48.4 Å². The third-order valence-electron chi connectivity index (χ3n) is 6.39. The summed E-state index contributed by atoms with van der Waals surface area (Å²) in [5.41, 5.74) is 6.52. The maximum Gasteiger partial charge on any atom is 0.120 e. The van der Waals surface area contributed by atoms with Gasteiger partial charge in [0.1, 0.15) is 5.75 Å². The van der Waals surface area contributed by atoms with Gasteiger partial charge in [-0.05, 0) is 59.7 Å². The number of phenolic OH excluding ortho intramolecular Hbond substituents is 1. The molecule has 0 bridgehead atoms. The Hall–Kier alpha value is -2.44. The molecule has 1 heterocycles. The van der Waals surface area contributed by atoms with Crippen molar-refractivity contribution >= 4 is 92.8 Å². The maximum atomic E-state index is 10.6. The van der Waals surface area contributed by atoms with Gasteiger partial charge in [0.05, 0.1) is 16.7 Å². The van der Waals surface area contributed by atoms with Gasteiger partial charge in [-0.3, -0.25) is 4.90 Å². The first-order valence-electron chi connectivity index (χ1n) is 12.1. The number of aromatic hydroxyl groups is 1. The van der Waals surface area contributed by atoms with Crippen molar-refractivity contribution in [1.29, 1.82) is 0 Å². The van der Waals surface area contributed by atoms with E-state index in [0.29, 0.717) is 36.4 Å². The highest BCUT2D eigenvalue weighted by Crippen LogP contribution is 2.37. The number of nitrogens with zero attached hydrogens (tertiary/aromatic N) is 2. The minimum atomic E-state index is 0. The summed E-state index contributed by atoms with van der Waals surface area (Å²) < 4.78 is 0. The van der Waals surface area contributed by atoms with Crippen LogP contribution in [0.15, 0.2) is 84.9 Å². The van der Waals surface area contributed by atoms with Crippen molar-refractivity contribution in [2.75, 3.05) is 30.2 Å². The van der Waals surface area contributed by atoms with Crippen LogP contribution in [0.5, 0.6) is 5.75 Å². The number of rotatable bonds is 9. The van der Waals surface area contributed by atoms with Gasteiger partial charge >= 0.3 is 0 Å². The monoisotopic (exact) mass is 621 g/mol. The minimum Gasteiger partial charge on any atom is -0.508 e. The van der Waals surface area contributed by atoms with E-state index in [-0.39, 0.29) is 30.6 Å². The summed E-state index contributed by atoms with van der Waals surface area (Å²) in [6.07, 6.45) is 0. The molecule has 0 aliphatic carbocycles. The van der Waals surface area contributed by atoms with Crippen LogP contribution in [0.2, 0.25) is 5.02 Å². The van der Waals surface area contributed by atoms with Crippen LogP contribution in [0.1, 0.15) is 5.56 Å². The Morgan fingerprint density at radius 3 is 2.21 bits per heavy atom. The zero-order chi connectivity index (χ0) is 25.8. The van der Waals surface area contributed by atoms with Crippen LogP contribution in [0.25, 0.3) is 32.9 Å². The maximum absolute atomic E-state index is 10.6. The number of hydrogen-bond donors (Lipinski definition) is 2. The van der Waals surface area contributed by atoms with E-state index in [0.717, 1.165) is 49.9 Å². The molecule has 0 spiro atoms. The molecule has 5 aromatic rings. The molecule has 1 aromatic heterocycles. The highest BCUT2D eigenvalue weighted by molar-refractivity contribution is 6.31. The number of phenols is 1. The van der Waals surface area contributed by atoms with E-state index < -0.39 is 0 Å². The number of hydrogen-bond acceptors (Lipinski definition) is 4. The van der Waals surface area contributed by atoms with E-state index in [2.05, 4.69) is 34.5 Å². The first-order valence-corrected chi connectivity index (χ1v) is 13.5. The quantitative estimate of drug-likeness (QED) is 0.0976. The van der Waals surface area contributed by atoms with E-state index in [1.807, 2.05) is 54.6 Å². The van der Waals surface area contributed by atoms with E-state index in [1.165, 1.54) is 0 Å². The van der Waals surface area contributed by atoms with Crippen molar-refractivity contribution in [2.45, 2.75) is 6.54 Å². The van der Waals surface area contributed by atoms with Crippen molar-refractivity contribution in [3.05, 3.63) is 95.5 Å². The van der Waals surface area contributed by atoms with Crippen LogP contribution in [0.3, 0.4) is 0 Å². The number of benzene rings is 4. The average molecular weight is 624 g/mol. The molecule has 0 atom stereocenters. The lowest BCUT2D eigenvalue weighted by Gasteiger charge is -2.21. The van der Waals surface area contributed by atoms with Gasteiger partial charge in [-0.25, -0.2) is 4.98 Å². The van der Waals surface area contributed by atoms with Gasteiger partial charge in [-0.2, -0.15) is 0 Å². The van der Waals surface area contributed by atoms with Gasteiger partial charge in [0, 0.05) is 58.4 Å². The summed E-state index contributed by atoms with van der Waals surface area (Å²) in [7, 11) is 0. The summed E-state index contributed by atoms with van der Waals surface area (Å²) in [6, 6.07) is 27.9. The number of alkyl halides is 2. The summed E-state index contributed by atoms with van der Waals surface area (Å²) >= 11 is 18.3. The molecule has 0 aliphatic rings. The smallest absolute Gasteiger partial charge is 0.120 e. The molecule has 5 rings (SSSR count). The number of anilines is 2. The van der Waals surface area contributed by atoms with Crippen molar-refractivity contribution < 1.29 is 5.11 Å². The van der Waals surface area contributed by atoms with Gasteiger partial charge in [-0.15, -0.1) is 48.0 Å². The molecule has 9 heteroatoms. The zero-order valence-electron chi connectivity index (χ0n) is 20.9. The van der Waals surface area contributed by atoms with Crippen LogP contribution in [0, 0.1) is 0 Å². The fraction of sp³-hybridized carbons (Fsp3) is 0.167. The number of aromatic nitrogens is 1. The van der Waals surface area contributed by atoms with Crippen molar-refractivity contribution in [3.8, 4) is 16.9 Å². The molecule has 0 saturated carbocycles. The van der Waals surface area contributed by atoms with E-state index in [4.69, 9.17) is 39.8 Å². The first kappa shape index (κ1) is 31.1. The molecule has 4 aromatic carbocycles. The van der Waals surface area contributed by atoms with E-state index >= 15 is 0 Å². The highest BCUT2D eigenvalue weighted by Gasteiger charge is 2.14.